The van der Waals surface area contributed by atoms with Gasteiger partial charge in [0.15, 0.2) is 5.76 Å². The Balaban J connectivity index is 1.87. The molecule has 0 fully saturated rings. The van der Waals surface area contributed by atoms with E-state index < -0.39 is 0 Å². The lowest BCUT2D eigenvalue weighted by Gasteiger charge is -2.05. The van der Waals surface area contributed by atoms with Gasteiger partial charge in [-0.1, -0.05) is 30.3 Å². The van der Waals surface area contributed by atoms with Crippen LogP contribution < -0.4 is 4.80 Å². The Hall–Kier alpha value is -3.12. The van der Waals surface area contributed by atoms with E-state index in [0.717, 1.165) is 21.3 Å². The van der Waals surface area contributed by atoms with E-state index in [1.165, 1.54) is 11.3 Å². The summed E-state index contributed by atoms with van der Waals surface area (Å²) in [4.78, 5) is 5.00. The normalized spacial score (nSPS) is 12.4. The molecule has 0 aliphatic carbocycles. The lowest BCUT2D eigenvalue weighted by molar-refractivity contribution is 0.475. The van der Waals surface area contributed by atoms with Crippen molar-refractivity contribution in [1.29, 1.82) is 0 Å². The summed E-state index contributed by atoms with van der Waals surface area (Å²) >= 11 is 1.48. The van der Waals surface area contributed by atoms with E-state index in [1.54, 1.807) is 30.3 Å². The first kappa shape index (κ1) is 15.4. The Labute approximate surface area is 147 Å². The van der Waals surface area contributed by atoms with Gasteiger partial charge >= 0.3 is 0 Å². The number of hydrogen-bond acceptors (Lipinski definition) is 5. The fraction of sp³-hybridized carbons (Fsp3) is 0.0526. The summed E-state index contributed by atoms with van der Waals surface area (Å²) < 4.78 is 7.20. The standard InChI is InChI=1S/C19H15N3O2S/c1-20-19-22(16(12-25-19)18-7-4-10-24-18)21-11-15-14-6-3-2-5-13(14)8-9-17(15)23/h2-12,23H,1H3/b20-19?,21-11-. The van der Waals surface area contributed by atoms with Crippen LogP contribution >= 0.6 is 11.3 Å². The third-order valence-corrected chi connectivity index (χ3v) is 4.81. The van der Waals surface area contributed by atoms with Crippen molar-refractivity contribution in [2.75, 3.05) is 7.05 Å². The van der Waals surface area contributed by atoms with Gasteiger partial charge in [0, 0.05) is 18.0 Å². The molecule has 2 aromatic carbocycles. The van der Waals surface area contributed by atoms with Crippen LogP contribution in [0.3, 0.4) is 0 Å². The van der Waals surface area contributed by atoms with E-state index in [4.69, 9.17) is 4.42 Å². The molecule has 0 amide bonds. The van der Waals surface area contributed by atoms with Crippen LogP contribution in [0.25, 0.3) is 22.2 Å². The molecule has 0 saturated heterocycles. The van der Waals surface area contributed by atoms with Gasteiger partial charge in [-0.05, 0) is 29.0 Å². The summed E-state index contributed by atoms with van der Waals surface area (Å²) in [6.45, 7) is 0. The molecule has 1 N–H and O–H groups in total. The van der Waals surface area contributed by atoms with Crippen LogP contribution in [0.5, 0.6) is 5.75 Å². The quantitative estimate of drug-likeness (QED) is 0.567. The Morgan fingerprint density at radius 3 is 2.80 bits per heavy atom. The van der Waals surface area contributed by atoms with Crippen LogP contribution in [0.15, 0.2) is 74.7 Å². The largest absolute Gasteiger partial charge is 0.507 e. The van der Waals surface area contributed by atoms with Crippen molar-refractivity contribution >= 4 is 28.3 Å². The Morgan fingerprint density at radius 1 is 1.12 bits per heavy atom. The lowest BCUT2D eigenvalue weighted by atomic mass is 10.0. The molecule has 4 rings (SSSR count). The molecule has 25 heavy (non-hydrogen) atoms. The second-order valence-corrected chi connectivity index (χ2v) is 6.22. The highest BCUT2D eigenvalue weighted by atomic mass is 32.1. The fourth-order valence-electron chi connectivity index (χ4n) is 2.69. The number of rotatable bonds is 3. The average molecular weight is 349 g/mol. The van der Waals surface area contributed by atoms with Crippen molar-refractivity contribution in [2.45, 2.75) is 0 Å². The SMILES string of the molecule is CN=c1scc(-c2ccco2)n1/N=C\c1c(O)ccc2ccccc12. The zero-order valence-corrected chi connectivity index (χ0v) is 14.3. The van der Waals surface area contributed by atoms with Crippen molar-refractivity contribution in [3.05, 3.63) is 70.5 Å². The summed E-state index contributed by atoms with van der Waals surface area (Å²) in [6.07, 6.45) is 3.28. The Morgan fingerprint density at radius 2 is 2.00 bits per heavy atom. The van der Waals surface area contributed by atoms with E-state index in [9.17, 15) is 5.11 Å². The molecule has 0 radical (unpaired) electrons. The van der Waals surface area contributed by atoms with Gasteiger partial charge < -0.3 is 9.52 Å². The summed E-state index contributed by atoms with van der Waals surface area (Å²) in [5.74, 6) is 0.901. The first-order valence-electron chi connectivity index (χ1n) is 7.70. The second-order valence-electron chi connectivity index (χ2n) is 5.38. The zero-order valence-electron chi connectivity index (χ0n) is 13.5. The number of fused-ring (bicyclic) bond motifs is 1. The number of hydrogen-bond donors (Lipinski definition) is 1. The molecule has 0 bridgehead atoms. The van der Waals surface area contributed by atoms with Crippen LogP contribution in [0.4, 0.5) is 0 Å². The maximum Gasteiger partial charge on any atom is 0.206 e. The minimum absolute atomic E-state index is 0.188. The Kier molecular flexibility index (Phi) is 3.95. The minimum Gasteiger partial charge on any atom is -0.507 e. The monoisotopic (exact) mass is 349 g/mol. The molecule has 2 aromatic heterocycles. The minimum atomic E-state index is 0.188. The van der Waals surface area contributed by atoms with E-state index in [0.29, 0.717) is 11.3 Å². The molecule has 5 nitrogen and oxygen atoms in total. The van der Waals surface area contributed by atoms with Crippen LogP contribution in [0.1, 0.15) is 5.56 Å². The zero-order chi connectivity index (χ0) is 17.2. The molecule has 4 aromatic rings. The lowest BCUT2D eigenvalue weighted by Crippen LogP contribution is -2.11. The first-order chi connectivity index (χ1) is 12.3. The number of benzene rings is 2. The maximum absolute atomic E-state index is 10.3. The molecule has 0 unspecified atom stereocenters. The van der Waals surface area contributed by atoms with Crippen molar-refractivity contribution in [3.63, 3.8) is 0 Å². The third kappa shape index (κ3) is 2.77. The second kappa shape index (κ2) is 6.41. The number of aromatic nitrogens is 1. The number of aromatic hydroxyl groups is 1. The molecule has 6 heteroatoms. The smallest absolute Gasteiger partial charge is 0.206 e. The predicted molar refractivity (Wildman–Crippen MR) is 100 cm³/mol. The molecule has 124 valence electrons. The summed E-state index contributed by atoms with van der Waals surface area (Å²) in [5.41, 5.74) is 1.48. The van der Waals surface area contributed by atoms with Gasteiger partial charge in [0.2, 0.25) is 4.80 Å². The van der Waals surface area contributed by atoms with Gasteiger partial charge in [0.05, 0.1) is 12.5 Å². The van der Waals surface area contributed by atoms with Crippen molar-refractivity contribution < 1.29 is 9.52 Å². The molecule has 2 heterocycles. The molecule has 0 spiro atoms. The van der Waals surface area contributed by atoms with Crippen molar-refractivity contribution in [2.24, 2.45) is 10.1 Å². The van der Waals surface area contributed by atoms with Gasteiger partial charge in [0.1, 0.15) is 11.4 Å². The molecule has 0 atom stereocenters. The van der Waals surface area contributed by atoms with Gasteiger partial charge in [-0.25, -0.2) is 4.68 Å². The van der Waals surface area contributed by atoms with E-state index >= 15 is 0 Å². The third-order valence-electron chi connectivity index (χ3n) is 3.90. The highest BCUT2D eigenvalue weighted by molar-refractivity contribution is 7.07. The molecular weight excluding hydrogens is 334 g/mol. The van der Waals surface area contributed by atoms with Gasteiger partial charge in [0.25, 0.3) is 0 Å². The first-order valence-corrected chi connectivity index (χ1v) is 8.58. The van der Waals surface area contributed by atoms with Crippen LogP contribution in [0.2, 0.25) is 0 Å². The molecule has 0 saturated carbocycles. The van der Waals surface area contributed by atoms with E-state index in [2.05, 4.69) is 10.1 Å². The maximum atomic E-state index is 10.3. The van der Waals surface area contributed by atoms with E-state index in [1.807, 2.05) is 47.8 Å². The van der Waals surface area contributed by atoms with Gasteiger partial charge in [-0.3, -0.25) is 4.99 Å². The van der Waals surface area contributed by atoms with Crippen LogP contribution in [-0.4, -0.2) is 23.0 Å². The van der Waals surface area contributed by atoms with Crippen LogP contribution in [0, 0.1) is 0 Å². The number of thiazole rings is 1. The molecule has 0 aliphatic heterocycles. The van der Waals surface area contributed by atoms with Gasteiger partial charge in [-0.2, -0.15) is 5.10 Å². The molecular formula is C19H15N3O2S. The number of furan rings is 1. The van der Waals surface area contributed by atoms with Crippen LogP contribution in [-0.2, 0) is 0 Å². The number of phenols is 1. The average Bonchev–Trinajstić information content (AvgIpc) is 3.30. The summed E-state index contributed by atoms with van der Waals surface area (Å²) in [5, 5.41) is 18.8. The topological polar surface area (TPSA) is 63.0 Å². The van der Waals surface area contributed by atoms with Crippen molar-refractivity contribution in [1.82, 2.24) is 4.68 Å². The van der Waals surface area contributed by atoms with Crippen molar-refractivity contribution in [3.8, 4) is 17.2 Å². The highest BCUT2D eigenvalue weighted by Gasteiger charge is 2.10. The predicted octanol–water partition coefficient (Wildman–Crippen LogP) is 4.08. The van der Waals surface area contributed by atoms with E-state index in [-0.39, 0.29) is 5.75 Å². The summed E-state index contributed by atoms with van der Waals surface area (Å²) in [7, 11) is 1.72. The number of phenolic OH excluding ortho intramolecular Hbond substituents is 1. The Bertz CT molecular complexity index is 1120. The highest BCUT2D eigenvalue weighted by Crippen LogP contribution is 2.26. The molecule has 0 aliphatic rings. The van der Waals surface area contributed by atoms with Gasteiger partial charge in [-0.15, -0.1) is 11.3 Å². The fourth-order valence-corrected chi connectivity index (χ4v) is 3.48. The summed E-state index contributed by atoms with van der Waals surface area (Å²) in [6, 6.07) is 15.2. The number of nitrogens with zero attached hydrogens (tertiary/aromatic N) is 3.